The van der Waals surface area contributed by atoms with Gasteiger partial charge in [0.25, 0.3) is 0 Å². The maximum atomic E-state index is 11.9. The van der Waals surface area contributed by atoms with Gasteiger partial charge in [-0.2, -0.15) is 0 Å². The van der Waals surface area contributed by atoms with Crippen molar-refractivity contribution >= 4 is 12.2 Å². The Kier molecular flexibility index (Phi) is 7.58. The number of rotatable bonds is 0. The summed E-state index contributed by atoms with van der Waals surface area (Å²) in [6, 6.07) is 0.370. The fraction of sp³-hybridized carbons (Fsp3) is 0.913. The van der Waals surface area contributed by atoms with Gasteiger partial charge in [-0.15, -0.1) is 0 Å². The summed E-state index contributed by atoms with van der Waals surface area (Å²) in [5.74, 6) is 0. The minimum absolute atomic E-state index is 0. The van der Waals surface area contributed by atoms with Gasteiger partial charge >= 0.3 is 12.2 Å². The Balaban J connectivity index is 0.000000213. The molecule has 4 rings (SSSR count). The van der Waals surface area contributed by atoms with E-state index in [4.69, 9.17) is 9.47 Å². The number of amides is 2. The first-order chi connectivity index (χ1) is 13.8. The number of fused-ring (bicyclic) bond motifs is 4. The quantitative estimate of drug-likeness (QED) is 0.594. The van der Waals surface area contributed by atoms with E-state index >= 15 is 0 Å². The van der Waals surface area contributed by atoms with Crippen LogP contribution < -0.4 is 0 Å². The summed E-state index contributed by atoms with van der Waals surface area (Å²) < 4.78 is 10.7. The molecule has 0 radical (unpaired) electrons. The van der Waals surface area contributed by atoms with E-state index in [9.17, 15) is 19.8 Å². The normalized spacial score (nSPS) is 33.5. The van der Waals surface area contributed by atoms with E-state index in [1.807, 2.05) is 41.5 Å². The summed E-state index contributed by atoms with van der Waals surface area (Å²) in [6.45, 7) is 11.2. The molecule has 4 aliphatic rings. The largest absolute Gasteiger partial charge is 0.444 e. The number of nitrogens with zero attached hydrogens (tertiary/aromatic N) is 2. The first kappa shape index (κ1) is 25.7. The number of aliphatic hydroxyl groups excluding tert-OH is 2. The summed E-state index contributed by atoms with van der Waals surface area (Å²) in [5.41, 5.74) is -0.909. The smallest absolute Gasteiger partial charge is 0.410 e. The maximum Gasteiger partial charge on any atom is 0.410 e. The fourth-order valence-corrected chi connectivity index (χ4v) is 5.11. The van der Waals surface area contributed by atoms with Gasteiger partial charge in [0.05, 0.1) is 24.3 Å². The Bertz CT molecular complexity index is 599. The summed E-state index contributed by atoms with van der Waals surface area (Å²) in [6.07, 6.45) is 4.00. The molecule has 4 saturated heterocycles. The second-order valence-corrected chi connectivity index (χ2v) is 11.0. The number of carbonyl (C=O) groups excluding carboxylic acids is 2. The predicted octanol–water partition coefficient (Wildman–Crippen LogP) is 3.67. The minimum atomic E-state index is -0.454. The highest BCUT2D eigenvalue weighted by Crippen LogP contribution is 2.39. The highest BCUT2D eigenvalue weighted by Gasteiger charge is 2.50. The van der Waals surface area contributed by atoms with Crippen LogP contribution in [0.4, 0.5) is 9.59 Å². The molecule has 0 spiro atoms. The molecule has 0 aliphatic carbocycles. The van der Waals surface area contributed by atoms with Crippen LogP contribution in [0.2, 0.25) is 0 Å². The van der Waals surface area contributed by atoms with Crippen LogP contribution >= 0.6 is 0 Å². The van der Waals surface area contributed by atoms with Gasteiger partial charge in [0, 0.05) is 12.1 Å². The molecule has 6 atom stereocenters. The first-order valence-corrected chi connectivity index (χ1v) is 11.2. The maximum absolute atomic E-state index is 11.9. The third kappa shape index (κ3) is 5.83. The van der Waals surface area contributed by atoms with E-state index in [1.54, 1.807) is 9.80 Å². The van der Waals surface area contributed by atoms with Gasteiger partial charge in [0.2, 0.25) is 0 Å². The topological polar surface area (TPSA) is 99.5 Å². The standard InChI is InChI=1S/2C11H19NO3.CH4/c2*1-11(2,3)15-10(14)12-7-4-5-8(12)9(13)6-7;/h2*7-9,13H,4-6H2,1-3H3;1H4. The molecule has 4 aliphatic heterocycles. The zero-order valence-corrected chi connectivity index (χ0v) is 19.1. The van der Waals surface area contributed by atoms with Gasteiger partial charge in [0.1, 0.15) is 11.2 Å². The van der Waals surface area contributed by atoms with Crippen molar-refractivity contribution in [2.24, 2.45) is 0 Å². The molecule has 8 nitrogen and oxygen atoms in total. The highest BCUT2D eigenvalue weighted by atomic mass is 16.6. The number of aliphatic hydroxyl groups is 2. The Labute approximate surface area is 186 Å². The van der Waals surface area contributed by atoms with Crippen LogP contribution in [-0.2, 0) is 9.47 Å². The van der Waals surface area contributed by atoms with E-state index in [0.29, 0.717) is 12.8 Å². The van der Waals surface area contributed by atoms with Crippen molar-refractivity contribution in [1.29, 1.82) is 0 Å². The Hall–Kier alpha value is -1.54. The summed E-state index contributed by atoms with van der Waals surface area (Å²) >= 11 is 0. The van der Waals surface area contributed by atoms with E-state index in [-0.39, 0.29) is 56.0 Å². The number of ether oxygens (including phenoxy) is 2. The van der Waals surface area contributed by atoms with Gasteiger partial charge < -0.3 is 19.7 Å². The van der Waals surface area contributed by atoms with Crippen LogP contribution in [0.5, 0.6) is 0 Å². The second kappa shape index (κ2) is 9.14. The van der Waals surface area contributed by atoms with Crippen molar-refractivity contribution in [2.45, 2.75) is 135 Å². The number of hydrogen-bond donors (Lipinski definition) is 2. The molecule has 8 heteroatoms. The van der Waals surface area contributed by atoms with Gasteiger partial charge in [0.15, 0.2) is 0 Å². The van der Waals surface area contributed by atoms with Crippen LogP contribution in [0.15, 0.2) is 0 Å². The lowest BCUT2D eigenvalue weighted by Gasteiger charge is -2.27. The van der Waals surface area contributed by atoms with E-state index in [1.165, 1.54) is 0 Å². The molecule has 0 saturated carbocycles. The minimum Gasteiger partial charge on any atom is -0.444 e. The Morgan fingerprint density at radius 1 is 0.710 bits per heavy atom. The van der Waals surface area contributed by atoms with Crippen molar-refractivity contribution in [3.63, 3.8) is 0 Å². The molecule has 4 heterocycles. The van der Waals surface area contributed by atoms with Crippen molar-refractivity contribution in [3.8, 4) is 0 Å². The highest BCUT2D eigenvalue weighted by molar-refractivity contribution is 5.70. The van der Waals surface area contributed by atoms with Gasteiger partial charge in [-0.3, -0.25) is 9.80 Å². The van der Waals surface area contributed by atoms with Crippen LogP contribution in [-0.4, -0.2) is 79.8 Å². The lowest BCUT2D eigenvalue weighted by atomic mass is 9.98. The zero-order valence-electron chi connectivity index (χ0n) is 19.1. The van der Waals surface area contributed by atoms with Crippen LogP contribution in [0.25, 0.3) is 0 Å². The van der Waals surface area contributed by atoms with E-state index in [2.05, 4.69) is 0 Å². The molecule has 0 aromatic carbocycles. The zero-order chi connectivity index (χ0) is 22.4. The molecular formula is C23H42N2O6. The van der Waals surface area contributed by atoms with Crippen molar-refractivity contribution < 1.29 is 29.3 Å². The molecule has 0 aromatic heterocycles. The van der Waals surface area contributed by atoms with Crippen LogP contribution in [0.3, 0.4) is 0 Å². The van der Waals surface area contributed by atoms with Gasteiger partial charge in [-0.1, -0.05) is 7.43 Å². The fourth-order valence-electron chi connectivity index (χ4n) is 5.11. The second-order valence-electron chi connectivity index (χ2n) is 11.0. The molecular weight excluding hydrogens is 400 g/mol. The van der Waals surface area contributed by atoms with E-state index < -0.39 is 11.2 Å². The summed E-state index contributed by atoms with van der Waals surface area (Å²) in [5, 5.41) is 19.4. The molecule has 0 aromatic rings. The average Bonchev–Trinajstić information content (AvgIpc) is 3.28. The van der Waals surface area contributed by atoms with Crippen molar-refractivity contribution in [3.05, 3.63) is 0 Å². The molecule has 6 unspecified atom stereocenters. The van der Waals surface area contributed by atoms with E-state index in [0.717, 1.165) is 25.7 Å². The summed E-state index contributed by atoms with van der Waals surface area (Å²) in [7, 11) is 0. The lowest BCUT2D eigenvalue weighted by molar-refractivity contribution is 0.0161. The van der Waals surface area contributed by atoms with Gasteiger partial charge in [-0.05, 0) is 80.1 Å². The SMILES string of the molecule is C.CC(C)(C)OC(=O)N1C2CCC1C(O)C2.CC(C)(C)OC(=O)N1C2CCC1C(O)C2. The monoisotopic (exact) mass is 442 g/mol. The number of hydrogen-bond acceptors (Lipinski definition) is 6. The molecule has 180 valence electrons. The average molecular weight is 443 g/mol. The van der Waals surface area contributed by atoms with Crippen molar-refractivity contribution in [1.82, 2.24) is 9.80 Å². The number of carbonyl (C=O) groups is 2. The molecule has 4 fully saturated rings. The molecule has 31 heavy (non-hydrogen) atoms. The predicted molar refractivity (Wildman–Crippen MR) is 118 cm³/mol. The summed E-state index contributed by atoms with van der Waals surface area (Å²) in [4.78, 5) is 27.2. The van der Waals surface area contributed by atoms with Gasteiger partial charge in [-0.25, -0.2) is 9.59 Å². The molecule has 4 bridgehead atoms. The third-order valence-corrected chi connectivity index (χ3v) is 6.22. The van der Waals surface area contributed by atoms with Crippen molar-refractivity contribution in [2.75, 3.05) is 0 Å². The van der Waals surface area contributed by atoms with Crippen LogP contribution in [0.1, 0.15) is 87.5 Å². The Morgan fingerprint density at radius 3 is 1.23 bits per heavy atom. The van der Waals surface area contributed by atoms with Crippen LogP contribution in [0, 0.1) is 0 Å². The first-order valence-electron chi connectivity index (χ1n) is 11.2. The molecule has 2 amide bonds. The third-order valence-electron chi connectivity index (χ3n) is 6.22. The Morgan fingerprint density at radius 2 is 1.03 bits per heavy atom. The molecule has 2 N–H and O–H groups in total. The lowest BCUT2D eigenvalue weighted by Crippen LogP contribution is -2.41.